The third-order valence-corrected chi connectivity index (χ3v) is 2.92. The fraction of sp³-hybridized carbons (Fsp3) is 0.462. The Bertz CT molecular complexity index is 457. The van der Waals surface area contributed by atoms with E-state index in [-0.39, 0.29) is 5.75 Å². The van der Waals surface area contributed by atoms with Crippen molar-refractivity contribution in [1.82, 2.24) is 0 Å². The zero-order valence-corrected chi connectivity index (χ0v) is 11.3. The number of aliphatic hydroxyl groups is 1. The van der Waals surface area contributed by atoms with Gasteiger partial charge in [-0.15, -0.1) is 0 Å². The van der Waals surface area contributed by atoms with Gasteiger partial charge in [-0.1, -0.05) is 0 Å². The van der Waals surface area contributed by atoms with Crippen molar-refractivity contribution in [3.63, 3.8) is 0 Å². The Labute approximate surface area is 111 Å². The first-order valence-electron chi connectivity index (χ1n) is 5.67. The molecule has 0 aliphatic heterocycles. The molecular weight excluding hydrogens is 252 g/mol. The van der Waals surface area contributed by atoms with Gasteiger partial charge in [-0.2, -0.15) is 0 Å². The number of carboxylic acids is 1. The molecule has 19 heavy (non-hydrogen) atoms. The molecule has 0 spiro atoms. The van der Waals surface area contributed by atoms with Crippen LogP contribution in [0.3, 0.4) is 0 Å². The third-order valence-electron chi connectivity index (χ3n) is 2.92. The number of rotatable bonds is 6. The normalized spacial score (nSPS) is 13.5. The molecular formula is C13H18O6. The fourth-order valence-electron chi connectivity index (χ4n) is 1.76. The van der Waals surface area contributed by atoms with Gasteiger partial charge >= 0.3 is 5.97 Å². The van der Waals surface area contributed by atoms with E-state index in [0.29, 0.717) is 17.1 Å². The summed E-state index contributed by atoms with van der Waals surface area (Å²) in [5, 5.41) is 19.0. The maximum atomic E-state index is 10.9. The average Bonchev–Trinajstić information content (AvgIpc) is 2.43. The van der Waals surface area contributed by atoms with Gasteiger partial charge in [0.2, 0.25) is 5.75 Å². The number of carbonyl (C=O) groups is 1. The van der Waals surface area contributed by atoms with Crippen molar-refractivity contribution in [3.8, 4) is 17.2 Å². The minimum absolute atomic E-state index is 0.266. The van der Waals surface area contributed by atoms with Crippen LogP contribution in [0.1, 0.15) is 18.6 Å². The van der Waals surface area contributed by atoms with Crippen molar-refractivity contribution in [2.24, 2.45) is 5.92 Å². The lowest BCUT2D eigenvalue weighted by atomic mass is 9.96. The number of benzene rings is 1. The van der Waals surface area contributed by atoms with Crippen LogP contribution in [0.25, 0.3) is 0 Å². The Morgan fingerprint density at radius 3 is 2.11 bits per heavy atom. The SMILES string of the molecule is COc1ccc(C(O)C(C)C(=O)O)c(OC)c1OC. The lowest BCUT2D eigenvalue weighted by Gasteiger charge is -2.21. The third kappa shape index (κ3) is 2.90. The minimum atomic E-state index is -1.20. The number of aliphatic hydroxyl groups excluding tert-OH is 1. The van der Waals surface area contributed by atoms with E-state index in [2.05, 4.69) is 0 Å². The van der Waals surface area contributed by atoms with Crippen molar-refractivity contribution in [3.05, 3.63) is 17.7 Å². The Morgan fingerprint density at radius 2 is 1.68 bits per heavy atom. The molecule has 0 saturated heterocycles. The molecule has 0 fully saturated rings. The summed E-state index contributed by atoms with van der Waals surface area (Å²) in [5.74, 6) is -1.03. The standard InChI is InChI=1S/C13H18O6/c1-7(13(15)16)10(14)8-5-6-9(17-2)12(19-4)11(8)18-3/h5-7,10,14H,1-4H3,(H,15,16). The Balaban J connectivity index is 3.32. The number of hydrogen-bond donors (Lipinski definition) is 2. The van der Waals surface area contributed by atoms with Crippen LogP contribution in [0.15, 0.2) is 12.1 Å². The summed E-state index contributed by atoms with van der Waals surface area (Å²) in [6.45, 7) is 1.42. The number of hydrogen-bond acceptors (Lipinski definition) is 5. The molecule has 0 saturated carbocycles. The van der Waals surface area contributed by atoms with Crippen LogP contribution >= 0.6 is 0 Å². The molecule has 1 rings (SSSR count). The van der Waals surface area contributed by atoms with Crippen LogP contribution in [0, 0.1) is 5.92 Å². The van der Waals surface area contributed by atoms with E-state index in [1.165, 1.54) is 28.3 Å². The molecule has 0 amide bonds. The summed E-state index contributed by atoms with van der Waals surface area (Å²) >= 11 is 0. The Hall–Kier alpha value is -1.95. The lowest BCUT2D eigenvalue weighted by molar-refractivity contribution is -0.145. The first-order chi connectivity index (χ1) is 8.97. The van der Waals surface area contributed by atoms with Crippen molar-refractivity contribution in [2.75, 3.05) is 21.3 Å². The van der Waals surface area contributed by atoms with E-state index in [0.717, 1.165) is 0 Å². The van der Waals surface area contributed by atoms with Crippen molar-refractivity contribution in [2.45, 2.75) is 13.0 Å². The van der Waals surface area contributed by atoms with E-state index in [9.17, 15) is 9.90 Å². The molecule has 106 valence electrons. The van der Waals surface area contributed by atoms with Crippen LogP contribution < -0.4 is 14.2 Å². The predicted molar refractivity (Wildman–Crippen MR) is 67.9 cm³/mol. The molecule has 2 unspecified atom stereocenters. The topological polar surface area (TPSA) is 85.2 Å². The molecule has 0 bridgehead atoms. The minimum Gasteiger partial charge on any atom is -0.493 e. The van der Waals surface area contributed by atoms with Crippen LogP contribution in [0.2, 0.25) is 0 Å². The quantitative estimate of drug-likeness (QED) is 0.814. The summed E-state index contributed by atoms with van der Waals surface area (Å²) in [5.41, 5.74) is 0.343. The molecule has 6 nitrogen and oxygen atoms in total. The maximum Gasteiger partial charge on any atom is 0.309 e. The number of aliphatic carboxylic acids is 1. The zero-order valence-electron chi connectivity index (χ0n) is 11.3. The highest BCUT2D eigenvalue weighted by Crippen LogP contribution is 2.43. The highest BCUT2D eigenvalue weighted by atomic mass is 16.5. The molecule has 0 aliphatic rings. The van der Waals surface area contributed by atoms with E-state index in [1.54, 1.807) is 12.1 Å². The predicted octanol–water partition coefficient (Wildman–Crippen LogP) is 1.47. The van der Waals surface area contributed by atoms with E-state index in [4.69, 9.17) is 19.3 Å². The van der Waals surface area contributed by atoms with Crippen molar-refractivity contribution in [1.29, 1.82) is 0 Å². The van der Waals surface area contributed by atoms with Gasteiger partial charge in [0.05, 0.1) is 33.4 Å². The van der Waals surface area contributed by atoms with Gasteiger partial charge in [0.25, 0.3) is 0 Å². The number of methoxy groups -OCH3 is 3. The Kier molecular flexibility index (Phi) is 5.00. The highest BCUT2D eigenvalue weighted by molar-refractivity contribution is 5.71. The number of ether oxygens (including phenoxy) is 3. The van der Waals surface area contributed by atoms with Gasteiger partial charge in [-0.3, -0.25) is 4.79 Å². The molecule has 6 heteroatoms. The van der Waals surface area contributed by atoms with E-state index < -0.39 is 18.0 Å². The summed E-state index contributed by atoms with van der Waals surface area (Å²) in [6.07, 6.45) is -1.20. The molecule has 0 aromatic heterocycles. The van der Waals surface area contributed by atoms with Crippen LogP contribution in [0.4, 0.5) is 0 Å². The molecule has 0 heterocycles. The molecule has 0 aliphatic carbocycles. The average molecular weight is 270 g/mol. The van der Waals surface area contributed by atoms with Gasteiger partial charge in [0, 0.05) is 5.56 Å². The van der Waals surface area contributed by atoms with E-state index in [1.807, 2.05) is 0 Å². The molecule has 0 radical (unpaired) electrons. The zero-order chi connectivity index (χ0) is 14.6. The summed E-state index contributed by atoms with van der Waals surface area (Å²) in [4.78, 5) is 10.9. The summed E-state index contributed by atoms with van der Waals surface area (Å²) < 4.78 is 15.5. The van der Waals surface area contributed by atoms with Crippen LogP contribution in [0.5, 0.6) is 17.2 Å². The maximum absolute atomic E-state index is 10.9. The smallest absolute Gasteiger partial charge is 0.309 e. The van der Waals surface area contributed by atoms with Gasteiger partial charge < -0.3 is 24.4 Å². The molecule has 1 aromatic carbocycles. The second-order valence-corrected chi connectivity index (χ2v) is 4.00. The van der Waals surface area contributed by atoms with E-state index >= 15 is 0 Å². The highest BCUT2D eigenvalue weighted by Gasteiger charge is 2.28. The first kappa shape index (κ1) is 15.1. The fourth-order valence-corrected chi connectivity index (χ4v) is 1.76. The second-order valence-electron chi connectivity index (χ2n) is 4.00. The second kappa shape index (κ2) is 6.29. The van der Waals surface area contributed by atoms with Crippen LogP contribution in [-0.4, -0.2) is 37.5 Å². The lowest BCUT2D eigenvalue weighted by Crippen LogP contribution is -2.19. The summed E-state index contributed by atoms with van der Waals surface area (Å²) in [7, 11) is 4.34. The molecule has 2 atom stereocenters. The Morgan fingerprint density at radius 1 is 1.11 bits per heavy atom. The summed E-state index contributed by atoms with van der Waals surface area (Å²) in [6, 6.07) is 3.15. The number of carboxylic acid groups (broad SMARTS) is 1. The monoisotopic (exact) mass is 270 g/mol. The van der Waals surface area contributed by atoms with Crippen molar-refractivity contribution >= 4 is 5.97 Å². The largest absolute Gasteiger partial charge is 0.493 e. The molecule has 2 N–H and O–H groups in total. The molecule has 1 aromatic rings. The van der Waals surface area contributed by atoms with Crippen molar-refractivity contribution < 1.29 is 29.2 Å². The van der Waals surface area contributed by atoms with Crippen LogP contribution in [-0.2, 0) is 4.79 Å². The van der Waals surface area contributed by atoms with Gasteiger partial charge in [-0.05, 0) is 19.1 Å². The first-order valence-corrected chi connectivity index (χ1v) is 5.67. The van der Waals surface area contributed by atoms with Gasteiger partial charge in [0.1, 0.15) is 0 Å². The van der Waals surface area contributed by atoms with Gasteiger partial charge in [-0.25, -0.2) is 0 Å². The van der Waals surface area contributed by atoms with Gasteiger partial charge in [0.15, 0.2) is 11.5 Å².